The van der Waals surface area contributed by atoms with Crippen LogP contribution in [0, 0.1) is 5.92 Å². The lowest BCUT2D eigenvalue weighted by Crippen LogP contribution is -2.39. The number of likely N-dealkylation sites (tertiary alicyclic amines) is 1. The van der Waals surface area contributed by atoms with Gasteiger partial charge in [0.25, 0.3) is 0 Å². The van der Waals surface area contributed by atoms with E-state index in [0.717, 1.165) is 25.6 Å². The van der Waals surface area contributed by atoms with Gasteiger partial charge in [0.1, 0.15) is 0 Å². The quantitative estimate of drug-likeness (QED) is 0.863. The molecule has 1 unspecified atom stereocenters. The molecule has 20 heavy (non-hydrogen) atoms. The first-order valence-corrected chi connectivity index (χ1v) is 7.59. The fourth-order valence-electron chi connectivity index (χ4n) is 3.21. The minimum Gasteiger partial charge on any atom is -0.389 e. The average Bonchev–Trinajstić information content (AvgIpc) is 2.75. The van der Waals surface area contributed by atoms with Gasteiger partial charge in [0.15, 0.2) is 0 Å². The van der Waals surface area contributed by atoms with Crippen molar-refractivity contribution in [3.05, 3.63) is 35.9 Å². The second-order valence-corrected chi connectivity index (χ2v) is 6.88. The Morgan fingerprint density at radius 2 is 2.00 bits per heavy atom. The Balaban J connectivity index is 1.75. The van der Waals surface area contributed by atoms with Crippen LogP contribution in [0.25, 0.3) is 0 Å². The molecule has 1 aromatic rings. The summed E-state index contributed by atoms with van der Waals surface area (Å²) in [6.45, 7) is 8.99. The van der Waals surface area contributed by atoms with Crippen molar-refractivity contribution in [2.75, 3.05) is 33.2 Å². The highest BCUT2D eigenvalue weighted by Crippen LogP contribution is 2.20. The zero-order valence-corrected chi connectivity index (χ0v) is 13.0. The molecule has 1 N–H and O–H groups in total. The van der Waals surface area contributed by atoms with Gasteiger partial charge in [-0.3, -0.25) is 4.90 Å². The van der Waals surface area contributed by atoms with E-state index < -0.39 is 5.60 Å². The lowest BCUT2D eigenvalue weighted by molar-refractivity contribution is 0.0405. The summed E-state index contributed by atoms with van der Waals surface area (Å²) >= 11 is 0. The van der Waals surface area contributed by atoms with Crippen molar-refractivity contribution < 1.29 is 5.11 Å². The molecule has 1 aliphatic rings. The van der Waals surface area contributed by atoms with Crippen molar-refractivity contribution in [1.82, 2.24) is 9.80 Å². The summed E-state index contributed by atoms with van der Waals surface area (Å²) in [4.78, 5) is 4.80. The summed E-state index contributed by atoms with van der Waals surface area (Å²) in [5.41, 5.74) is 0.801. The number of nitrogens with zero attached hydrogens (tertiary/aromatic N) is 2. The summed E-state index contributed by atoms with van der Waals surface area (Å²) in [5, 5.41) is 9.86. The fraction of sp³-hybridized carbons (Fsp3) is 0.647. The predicted molar refractivity (Wildman–Crippen MR) is 83.6 cm³/mol. The first kappa shape index (κ1) is 15.5. The fourth-order valence-corrected chi connectivity index (χ4v) is 3.21. The van der Waals surface area contributed by atoms with Crippen LogP contribution in [0.4, 0.5) is 0 Å². The van der Waals surface area contributed by atoms with Gasteiger partial charge >= 0.3 is 0 Å². The number of benzene rings is 1. The second-order valence-electron chi connectivity index (χ2n) is 6.88. The maximum atomic E-state index is 9.86. The van der Waals surface area contributed by atoms with Crippen LogP contribution < -0.4 is 0 Å². The number of aliphatic hydroxyl groups is 1. The summed E-state index contributed by atoms with van der Waals surface area (Å²) in [5.74, 6) is 0.728. The Bertz CT molecular complexity index is 399. The molecule has 0 radical (unpaired) electrons. The lowest BCUT2D eigenvalue weighted by Gasteiger charge is -2.27. The Kier molecular flexibility index (Phi) is 5.19. The molecule has 1 fully saturated rings. The molecular weight excluding hydrogens is 248 g/mol. The largest absolute Gasteiger partial charge is 0.389 e. The minimum atomic E-state index is -0.600. The minimum absolute atomic E-state index is 0.600. The van der Waals surface area contributed by atoms with Crippen molar-refractivity contribution in [3.63, 3.8) is 0 Å². The van der Waals surface area contributed by atoms with Crippen molar-refractivity contribution in [3.8, 4) is 0 Å². The van der Waals surface area contributed by atoms with E-state index in [-0.39, 0.29) is 0 Å². The van der Waals surface area contributed by atoms with Crippen molar-refractivity contribution in [1.29, 1.82) is 0 Å². The van der Waals surface area contributed by atoms with Crippen LogP contribution in [0.15, 0.2) is 30.3 Å². The van der Waals surface area contributed by atoms with E-state index in [1.165, 1.54) is 25.1 Å². The lowest BCUT2D eigenvalue weighted by atomic mass is 10.1. The number of hydrogen-bond acceptors (Lipinski definition) is 3. The zero-order valence-electron chi connectivity index (χ0n) is 13.0. The number of hydrogen-bond donors (Lipinski definition) is 1. The number of likely N-dealkylation sites (N-methyl/N-ethyl adjacent to an activating group) is 1. The van der Waals surface area contributed by atoms with Gasteiger partial charge in [-0.05, 0) is 45.3 Å². The van der Waals surface area contributed by atoms with Gasteiger partial charge in [-0.2, -0.15) is 0 Å². The van der Waals surface area contributed by atoms with Crippen LogP contribution in [0.5, 0.6) is 0 Å². The van der Waals surface area contributed by atoms with E-state index in [1.807, 2.05) is 13.8 Å². The molecule has 112 valence electrons. The van der Waals surface area contributed by atoms with Gasteiger partial charge in [-0.25, -0.2) is 0 Å². The van der Waals surface area contributed by atoms with Gasteiger partial charge in [0.05, 0.1) is 5.60 Å². The van der Waals surface area contributed by atoms with Crippen LogP contribution in [0.1, 0.15) is 25.8 Å². The van der Waals surface area contributed by atoms with Crippen LogP contribution in [-0.2, 0) is 6.54 Å². The maximum Gasteiger partial charge on any atom is 0.0718 e. The van der Waals surface area contributed by atoms with Crippen LogP contribution in [0.3, 0.4) is 0 Å². The van der Waals surface area contributed by atoms with E-state index >= 15 is 0 Å². The van der Waals surface area contributed by atoms with Crippen molar-refractivity contribution in [2.45, 2.75) is 32.4 Å². The summed E-state index contributed by atoms with van der Waals surface area (Å²) in [6, 6.07) is 10.7. The molecule has 0 saturated carbocycles. The van der Waals surface area contributed by atoms with Crippen molar-refractivity contribution in [2.24, 2.45) is 5.92 Å². The van der Waals surface area contributed by atoms with Crippen LogP contribution in [0.2, 0.25) is 0 Å². The summed E-state index contributed by atoms with van der Waals surface area (Å²) < 4.78 is 0. The molecular formula is C17H28N2O. The highest BCUT2D eigenvalue weighted by Gasteiger charge is 2.25. The maximum absolute atomic E-state index is 9.86. The predicted octanol–water partition coefficient (Wildman–Crippen LogP) is 2.21. The molecule has 1 saturated heterocycles. The Hall–Kier alpha value is -0.900. The van der Waals surface area contributed by atoms with Gasteiger partial charge in [0.2, 0.25) is 0 Å². The normalized spacial score (nSPS) is 20.8. The molecule has 1 atom stereocenters. The molecule has 1 heterocycles. The smallest absolute Gasteiger partial charge is 0.0718 e. The first-order valence-electron chi connectivity index (χ1n) is 7.59. The molecule has 2 rings (SSSR count). The number of rotatable bonds is 6. The van der Waals surface area contributed by atoms with Crippen LogP contribution >= 0.6 is 0 Å². The first-order chi connectivity index (χ1) is 9.42. The van der Waals surface area contributed by atoms with Gasteiger partial charge < -0.3 is 10.0 Å². The monoisotopic (exact) mass is 276 g/mol. The summed E-state index contributed by atoms with van der Waals surface area (Å²) in [7, 11) is 2.11. The third-order valence-corrected chi connectivity index (χ3v) is 3.85. The zero-order chi connectivity index (χ0) is 14.6. The average molecular weight is 276 g/mol. The Morgan fingerprint density at radius 1 is 1.30 bits per heavy atom. The third kappa shape index (κ3) is 5.23. The van der Waals surface area contributed by atoms with E-state index in [9.17, 15) is 5.11 Å². The van der Waals surface area contributed by atoms with Crippen LogP contribution in [-0.4, -0.2) is 53.7 Å². The molecule has 3 nitrogen and oxygen atoms in total. The molecule has 1 aliphatic heterocycles. The van der Waals surface area contributed by atoms with E-state index in [2.05, 4.69) is 47.2 Å². The molecule has 0 amide bonds. The Labute approximate surface area is 123 Å². The Morgan fingerprint density at radius 3 is 2.65 bits per heavy atom. The van der Waals surface area contributed by atoms with E-state index in [4.69, 9.17) is 0 Å². The topological polar surface area (TPSA) is 26.7 Å². The van der Waals surface area contributed by atoms with E-state index in [1.54, 1.807) is 0 Å². The standard InChI is InChI=1S/C17H28N2O/c1-17(2,20)14-18(3)11-16-9-10-19(13-16)12-15-7-5-4-6-8-15/h4-8,16,20H,9-14H2,1-3H3. The molecule has 0 aromatic heterocycles. The third-order valence-electron chi connectivity index (χ3n) is 3.85. The van der Waals surface area contributed by atoms with Gasteiger partial charge in [-0.15, -0.1) is 0 Å². The van der Waals surface area contributed by atoms with E-state index in [0.29, 0.717) is 0 Å². The van der Waals surface area contributed by atoms with Gasteiger partial charge in [-0.1, -0.05) is 30.3 Å². The molecule has 3 heteroatoms. The molecule has 0 spiro atoms. The highest BCUT2D eigenvalue weighted by molar-refractivity contribution is 5.14. The second kappa shape index (κ2) is 6.70. The highest BCUT2D eigenvalue weighted by atomic mass is 16.3. The summed E-state index contributed by atoms with van der Waals surface area (Å²) in [6.07, 6.45) is 1.27. The SMILES string of the molecule is CN(CC1CCN(Cc2ccccc2)C1)CC(C)(C)O. The molecule has 1 aromatic carbocycles. The molecule has 0 aliphatic carbocycles. The van der Waals surface area contributed by atoms with Crippen molar-refractivity contribution >= 4 is 0 Å². The molecule has 0 bridgehead atoms. The van der Waals surface area contributed by atoms with Gasteiger partial charge in [0, 0.05) is 26.2 Å².